The van der Waals surface area contributed by atoms with Crippen molar-refractivity contribution in [3.63, 3.8) is 0 Å². The molecule has 1 aromatic carbocycles. The number of hydrogen-bond acceptors (Lipinski definition) is 3. The fourth-order valence-corrected chi connectivity index (χ4v) is 2.79. The third-order valence-corrected chi connectivity index (χ3v) is 3.82. The average Bonchev–Trinajstić information content (AvgIpc) is 2.36. The fourth-order valence-electron chi connectivity index (χ4n) is 1.98. The quantitative estimate of drug-likeness (QED) is 0.701. The SMILES string of the molecule is Cl.O=C(Nc1cc(Cl)cc(Br)c1O)C1CCNCC1. The van der Waals surface area contributed by atoms with Gasteiger partial charge in [0.25, 0.3) is 0 Å². The van der Waals surface area contributed by atoms with Gasteiger partial charge in [-0.25, -0.2) is 0 Å². The molecular weight excluding hydrogens is 355 g/mol. The molecule has 7 heteroatoms. The molecule has 0 radical (unpaired) electrons. The minimum absolute atomic E-state index is 0. The smallest absolute Gasteiger partial charge is 0.227 e. The number of aromatic hydroxyl groups is 1. The number of amides is 1. The van der Waals surface area contributed by atoms with E-state index in [0.29, 0.717) is 15.2 Å². The third kappa shape index (κ3) is 4.24. The summed E-state index contributed by atoms with van der Waals surface area (Å²) in [5.74, 6) is -0.0777. The number of halogens is 3. The molecule has 1 fully saturated rings. The summed E-state index contributed by atoms with van der Waals surface area (Å²) in [5.41, 5.74) is 0.345. The van der Waals surface area contributed by atoms with Crippen LogP contribution in [0.4, 0.5) is 5.69 Å². The largest absolute Gasteiger partial charge is 0.505 e. The Labute approximate surface area is 131 Å². The molecule has 0 atom stereocenters. The van der Waals surface area contributed by atoms with Gasteiger partial charge < -0.3 is 15.7 Å². The Morgan fingerprint density at radius 3 is 2.68 bits per heavy atom. The lowest BCUT2D eigenvalue weighted by Gasteiger charge is -2.22. The Bertz CT molecular complexity index is 465. The van der Waals surface area contributed by atoms with Gasteiger partial charge in [-0.3, -0.25) is 4.79 Å². The summed E-state index contributed by atoms with van der Waals surface area (Å²) < 4.78 is 0.468. The molecule has 2 rings (SSSR count). The lowest BCUT2D eigenvalue weighted by molar-refractivity contribution is -0.120. The molecule has 0 aliphatic carbocycles. The molecule has 3 N–H and O–H groups in total. The van der Waals surface area contributed by atoms with Crippen LogP contribution >= 0.6 is 39.9 Å². The van der Waals surface area contributed by atoms with Gasteiger partial charge in [-0.1, -0.05) is 11.6 Å². The summed E-state index contributed by atoms with van der Waals surface area (Å²) in [6.07, 6.45) is 1.63. The van der Waals surface area contributed by atoms with E-state index >= 15 is 0 Å². The van der Waals surface area contributed by atoms with Crippen molar-refractivity contribution in [1.82, 2.24) is 5.32 Å². The number of benzene rings is 1. The molecule has 1 saturated heterocycles. The van der Waals surface area contributed by atoms with Gasteiger partial charge in [0.05, 0.1) is 10.2 Å². The second kappa shape index (κ2) is 7.33. The lowest BCUT2D eigenvalue weighted by Crippen LogP contribution is -2.34. The molecule has 0 spiro atoms. The van der Waals surface area contributed by atoms with Gasteiger partial charge >= 0.3 is 0 Å². The van der Waals surface area contributed by atoms with E-state index in [-0.39, 0.29) is 30.0 Å². The van der Waals surface area contributed by atoms with Gasteiger partial charge in [0.1, 0.15) is 0 Å². The predicted molar refractivity (Wildman–Crippen MR) is 82.3 cm³/mol. The van der Waals surface area contributed by atoms with Crippen LogP contribution in [0.2, 0.25) is 5.02 Å². The van der Waals surface area contributed by atoms with Crippen LogP contribution in [0.1, 0.15) is 12.8 Å². The normalized spacial score (nSPS) is 15.7. The molecular formula is C12H15BrCl2N2O2. The Kier molecular flexibility index (Phi) is 6.39. The molecule has 19 heavy (non-hydrogen) atoms. The maximum absolute atomic E-state index is 12.0. The first kappa shape index (κ1) is 16.6. The predicted octanol–water partition coefficient (Wildman–Crippen LogP) is 3.17. The van der Waals surface area contributed by atoms with E-state index in [1.807, 2.05) is 0 Å². The molecule has 1 aliphatic rings. The topological polar surface area (TPSA) is 61.4 Å². The van der Waals surface area contributed by atoms with Crippen molar-refractivity contribution < 1.29 is 9.90 Å². The number of nitrogens with one attached hydrogen (secondary N) is 2. The standard InChI is InChI=1S/C12H14BrClN2O2.ClH/c13-9-5-8(14)6-10(11(9)17)16-12(18)7-1-3-15-4-2-7;/h5-7,15,17H,1-4H2,(H,16,18);1H. The molecule has 106 valence electrons. The van der Waals surface area contributed by atoms with Crippen molar-refractivity contribution in [2.75, 3.05) is 18.4 Å². The van der Waals surface area contributed by atoms with Gasteiger partial charge in [-0.05, 0) is 54.0 Å². The van der Waals surface area contributed by atoms with E-state index in [2.05, 4.69) is 26.6 Å². The van der Waals surface area contributed by atoms with Crippen LogP contribution in [-0.2, 0) is 4.79 Å². The van der Waals surface area contributed by atoms with Gasteiger partial charge in [0, 0.05) is 10.9 Å². The second-order valence-corrected chi connectivity index (χ2v) is 5.59. The van der Waals surface area contributed by atoms with E-state index < -0.39 is 0 Å². The van der Waals surface area contributed by atoms with Crippen LogP contribution in [0.25, 0.3) is 0 Å². The maximum atomic E-state index is 12.0. The third-order valence-electron chi connectivity index (χ3n) is 3.00. The molecule has 0 aromatic heterocycles. The zero-order valence-corrected chi connectivity index (χ0v) is 13.2. The number of carbonyl (C=O) groups is 1. The summed E-state index contributed by atoms with van der Waals surface area (Å²) in [5, 5.41) is 16.2. The first-order valence-electron chi connectivity index (χ1n) is 5.77. The molecule has 0 unspecified atom stereocenters. The Morgan fingerprint density at radius 2 is 2.05 bits per heavy atom. The summed E-state index contributed by atoms with van der Waals surface area (Å²) in [4.78, 5) is 12.0. The van der Waals surface area contributed by atoms with Crippen molar-refractivity contribution in [2.24, 2.45) is 5.92 Å². The Hall–Kier alpha value is -0.490. The Morgan fingerprint density at radius 1 is 1.42 bits per heavy atom. The lowest BCUT2D eigenvalue weighted by atomic mass is 9.97. The van der Waals surface area contributed by atoms with Crippen LogP contribution in [0, 0.1) is 5.92 Å². The molecule has 1 heterocycles. The Balaban J connectivity index is 0.00000180. The average molecular weight is 370 g/mol. The van der Waals surface area contributed by atoms with Crippen LogP contribution < -0.4 is 10.6 Å². The maximum Gasteiger partial charge on any atom is 0.227 e. The zero-order valence-electron chi connectivity index (χ0n) is 10.1. The highest BCUT2D eigenvalue weighted by Crippen LogP contribution is 2.35. The monoisotopic (exact) mass is 368 g/mol. The van der Waals surface area contributed by atoms with Crippen molar-refractivity contribution >= 4 is 51.5 Å². The molecule has 1 aliphatic heterocycles. The van der Waals surface area contributed by atoms with E-state index in [9.17, 15) is 9.90 Å². The van der Waals surface area contributed by atoms with Crippen LogP contribution in [0.15, 0.2) is 16.6 Å². The second-order valence-electron chi connectivity index (χ2n) is 4.30. The van der Waals surface area contributed by atoms with Gasteiger partial charge in [-0.15, -0.1) is 12.4 Å². The number of phenols is 1. The molecule has 1 amide bonds. The van der Waals surface area contributed by atoms with E-state index in [1.165, 1.54) is 0 Å². The van der Waals surface area contributed by atoms with Crippen molar-refractivity contribution in [2.45, 2.75) is 12.8 Å². The number of anilines is 1. The van der Waals surface area contributed by atoms with E-state index in [4.69, 9.17) is 11.6 Å². The van der Waals surface area contributed by atoms with Crippen molar-refractivity contribution in [1.29, 1.82) is 0 Å². The summed E-state index contributed by atoms with van der Waals surface area (Å²) in [6.45, 7) is 1.70. The first-order valence-corrected chi connectivity index (χ1v) is 6.94. The van der Waals surface area contributed by atoms with E-state index in [0.717, 1.165) is 25.9 Å². The molecule has 0 bridgehead atoms. The van der Waals surface area contributed by atoms with Gasteiger partial charge in [0.2, 0.25) is 5.91 Å². The van der Waals surface area contributed by atoms with Crippen LogP contribution in [0.3, 0.4) is 0 Å². The molecule has 1 aromatic rings. The zero-order chi connectivity index (χ0) is 13.1. The summed E-state index contributed by atoms with van der Waals surface area (Å²) in [7, 11) is 0. The highest BCUT2D eigenvalue weighted by Gasteiger charge is 2.22. The van der Waals surface area contributed by atoms with Crippen LogP contribution in [-0.4, -0.2) is 24.1 Å². The number of carbonyl (C=O) groups excluding carboxylic acids is 1. The van der Waals surface area contributed by atoms with Crippen molar-refractivity contribution in [3.05, 3.63) is 21.6 Å². The molecule has 0 saturated carbocycles. The number of hydrogen-bond donors (Lipinski definition) is 3. The molecule has 4 nitrogen and oxygen atoms in total. The number of rotatable bonds is 2. The number of piperidine rings is 1. The van der Waals surface area contributed by atoms with Gasteiger partial charge in [0.15, 0.2) is 5.75 Å². The first-order chi connectivity index (χ1) is 8.58. The minimum atomic E-state index is -0.0685. The van der Waals surface area contributed by atoms with E-state index in [1.54, 1.807) is 12.1 Å². The minimum Gasteiger partial charge on any atom is -0.505 e. The fraction of sp³-hybridized carbons (Fsp3) is 0.417. The highest BCUT2D eigenvalue weighted by molar-refractivity contribution is 9.10. The summed E-state index contributed by atoms with van der Waals surface area (Å²) >= 11 is 9.08. The summed E-state index contributed by atoms with van der Waals surface area (Å²) in [6, 6.07) is 3.12. The highest BCUT2D eigenvalue weighted by atomic mass is 79.9. The van der Waals surface area contributed by atoms with Gasteiger partial charge in [-0.2, -0.15) is 0 Å². The van der Waals surface area contributed by atoms with Crippen molar-refractivity contribution in [3.8, 4) is 5.75 Å². The number of phenolic OH excluding ortho intramolecular Hbond substituents is 1. The van der Waals surface area contributed by atoms with Crippen LogP contribution in [0.5, 0.6) is 5.75 Å².